The number of rotatable bonds is 6. The number of aryl methyl sites for hydroxylation is 1. The van der Waals surface area contributed by atoms with Crippen LogP contribution in [0.4, 0.5) is 5.82 Å². The minimum absolute atomic E-state index is 0.0622. The molecule has 1 aliphatic heterocycles. The minimum Gasteiger partial charge on any atom is -0.378 e. The van der Waals surface area contributed by atoms with Gasteiger partial charge in [-0.2, -0.15) is 15.4 Å². The molecule has 4 rings (SSSR count). The number of aromatic nitrogens is 4. The number of hydrogen-bond donors (Lipinski definition) is 2. The molecule has 0 unspecified atom stereocenters. The van der Waals surface area contributed by atoms with Crippen LogP contribution in [0.15, 0.2) is 18.3 Å². The van der Waals surface area contributed by atoms with Gasteiger partial charge in [-0.1, -0.05) is 38.8 Å². The van der Waals surface area contributed by atoms with Gasteiger partial charge in [0.05, 0.1) is 30.6 Å². The summed E-state index contributed by atoms with van der Waals surface area (Å²) in [7, 11) is 2.06. The zero-order valence-electron chi connectivity index (χ0n) is 19.4. The predicted octanol–water partition coefficient (Wildman–Crippen LogP) is 4.34. The average molecular weight is 445 g/mol. The number of allylic oxidation sites excluding steroid dienone is 1. The summed E-state index contributed by atoms with van der Waals surface area (Å²) in [5.74, 6) is 1.61. The highest BCUT2D eigenvalue weighted by Crippen LogP contribution is 2.53. The van der Waals surface area contributed by atoms with E-state index in [2.05, 4.69) is 90.4 Å². The first-order valence-corrected chi connectivity index (χ1v) is 11.6. The van der Waals surface area contributed by atoms with Crippen LogP contribution >= 0.6 is 12.8 Å². The highest BCUT2D eigenvalue weighted by molar-refractivity contribution is 7.77. The van der Waals surface area contributed by atoms with Crippen LogP contribution < -0.4 is 4.90 Å². The second-order valence-corrected chi connectivity index (χ2v) is 8.99. The SMILES string of the molecule is C/C=C\c1c(C2(N(C)S)CC2)cc(N2CCOCC2)nc1C.CC[C@@H](C)c1cn[nH]n1. The van der Waals surface area contributed by atoms with Gasteiger partial charge in [0.25, 0.3) is 0 Å². The molecule has 2 aromatic heterocycles. The Morgan fingerprint density at radius 2 is 2.06 bits per heavy atom. The molecule has 0 aromatic carbocycles. The molecule has 8 heteroatoms. The topological polar surface area (TPSA) is 70.2 Å². The maximum absolute atomic E-state index is 5.46. The smallest absolute Gasteiger partial charge is 0.129 e. The molecular formula is C23H36N6OS. The van der Waals surface area contributed by atoms with E-state index < -0.39 is 0 Å². The molecule has 1 N–H and O–H groups in total. The van der Waals surface area contributed by atoms with Crippen LogP contribution in [0.5, 0.6) is 0 Å². The van der Waals surface area contributed by atoms with Crippen molar-refractivity contribution in [2.45, 2.75) is 58.4 Å². The number of thiol groups is 1. The van der Waals surface area contributed by atoms with Gasteiger partial charge in [0.1, 0.15) is 5.82 Å². The molecule has 0 bridgehead atoms. The molecule has 31 heavy (non-hydrogen) atoms. The summed E-state index contributed by atoms with van der Waals surface area (Å²) in [6.45, 7) is 11.8. The molecule has 0 amide bonds. The van der Waals surface area contributed by atoms with Crippen molar-refractivity contribution in [3.05, 3.63) is 40.9 Å². The number of morpholine rings is 1. The van der Waals surface area contributed by atoms with E-state index in [1.807, 2.05) is 0 Å². The molecule has 3 heterocycles. The van der Waals surface area contributed by atoms with E-state index in [0.717, 1.165) is 62.8 Å². The molecule has 1 atom stereocenters. The summed E-state index contributed by atoms with van der Waals surface area (Å²) >= 11 is 4.62. The second kappa shape index (κ2) is 10.6. The van der Waals surface area contributed by atoms with Gasteiger partial charge in [0.15, 0.2) is 0 Å². The van der Waals surface area contributed by atoms with Crippen molar-refractivity contribution in [1.29, 1.82) is 0 Å². The van der Waals surface area contributed by atoms with Crippen molar-refractivity contribution in [3.8, 4) is 0 Å². The average Bonchev–Trinajstić information content (AvgIpc) is 3.42. The summed E-state index contributed by atoms with van der Waals surface area (Å²) in [5.41, 5.74) is 4.82. The van der Waals surface area contributed by atoms with Crippen LogP contribution in [0.1, 0.15) is 68.5 Å². The Morgan fingerprint density at radius 1 is 1.35 bits per heavy atom. The van der Waals surface area contributed by atoms with E-state index >= 15 is 0 Å². The number of aromatic amines is 1. The van der Waals surface area contributed by atoms with Gasteiger partial charge in [0.2, 0.25) is 0 Å². The first-order chi connectivity index (χ1) is 14.9. The van der Waals surface area contributed by atoms with E-state index in [4.69, 9.17) is 9.72 Å². The zero-order chi connectivity index (χ0) is 22.4. The van der Waals surface area contributed by atoms with Crippen molar-refractivity contribution in [1.82, 2.24) is 24.7 Å². The van der Waals surface area contributed by atoms with Gasteiger partial charge < -0.3 is 9.64 Å². The molecule has 0 spiro atoms. The molecule has 7 nitrogen and oxygen atoms in total. The van der Waals surface area contributed by atoms with Gasteiger partial charge in [-0.15, -0.1) is 0 Å². The van der Waals surface area contributed by atoms with E-state index in [0.29, 0.717) is 5.92 Å². The Bertz CT molecular complexity index is 857. The van der Waals surface area contributed by atoms with Crippen molar-refractivity contribution >= 4 is 24.7 Å². The Morgan fingerprint density at radius 3 is 2.58 bits per heavy atom. The number of anilines is 1. The Labute approximate surface area is 191 Å². The molecule has 170 valence electrons. The largest absolute Gasteiger partial charge is 0.378 e. The van der Waals surface area contributed by atoms with Crippen molar-refractivity contribution < 1.29 is 4.74 Å². The highest BCUT2D eigenvalue weighted by Gasteiger charge is 2.48. The number of pyridine rings is 1. The van der Waals surface area contributed by atoms with Crippen LogP contribution in [-0.2, 0) is 10.3 Å². The van der Waals surface area contributed by atoms with Crippen LogP contribution in [-0.4, -0.2) is 58.1 Å². The maximum atomic E-state index is 5.46. The van der Waals surface area contributed by atoms with Crippen molar-refractivity contribution in [3.63, 3.8) is 0 Å². The lowest BCUT2D eigenvalue weighted by Crippen LogP contribution is -2.37. The van der Waals surface area contributed by atoms with Crippen LogP contribution in [0.2, 0.25) is 0 Å². The van der Waals surface area contributed by atoms with Gasteiger partial charge in [-0.3, -0.25) is 0 Å². The third-order valence-corrected chi connectivity index (χ3v) is 6.68. The van der Waals surface area contributed by atoms with Gasteiger partial charge >= 0.3 is 0 Å². The van der Waals surface area contributed by atoms with Crippen LogP contribution in [0, 0.1) is 6.92 Å². The third-order valence-electron chi connectivity index (χ3n) is 6.30. The van der Waals surface area contributed by atoms with Gasteiger partial charge in [-0.05, 0) is 51.8 Å². The molecule has 1 saturated heterocycles. The normalized spacial score (nSPS) is 18.7. The van der Waals surface area contributed by atoms with Gasteiger partial charge in [-0.25, -0.2) is 9.29 Å². The molecule has 1 aliphatic carbocycles. The first kappa shape index (κ1) is 23.8. The standard InChI is InChI=1S/C17H25N3OS.C6H11N3/c1-4-5-14-13(2)18-16(20-8-10-21-11-9-20)12-15(14)17(6-7-17)19(3)22;1-3-5(2)6-4-7-9-8-6/h4-5,12,22H,6-11H2,1-3H3;4-5H,3H2,1-2H3,(H,7,8,9)/b5-4-;/t;5-/m.1/s1. The first-order valence-electron chi connectivity index (χ1n) is 11.2. The lowest BCUT2D eigenvalue weighted by molar-refractivity contribution is 0.122. The maximum Gasteiger partial charge on any atom is 0.129 e. The summed E-state index contributed by atoms with van der Waals surface area (Å²) in [4.78, 5) is 7.18. The summed E-state index contributed by atoms with van der Waals surface area (Å²) < 4.78 is 7.53. The lowest BCUT2D eigenvalue weighted by atomic mass is 9.97. The molecule has 2 aliphatic rings. The van der Waals surface area contributed by atoms with Crippen molar-refractivity contribution in [2.75, 3.05) is 38.3 Å². The van der Waals surface area contributed by atoms with Crippen molar-refractivity contribution in [2.24, 2.45) is 0 Å². The number of H-pyrrole nitrogens is 1. The van der Waals surface area contributed by atoms with Crippen LogP contribution in [0.3, 0.4) is 0 Å². The fourth-order valence-electron chi connectivity index (χ4n) is 3.93. The minimum atomic E-state index is 0.0622. The second-order valence-electron chi connectivity index (χ2n) is 8.39. The van der Waals surface area contributed by atoms with E-state index in [9.17, 15) is 0 Å². The molecule has 1 saturated carbocycles. The third kappa shape index (κ3) is 5.48. The van der Waals surface area contributed by atoms with E-state index in [1.165, 1.54) is 11.1 Å². The fraction of sp³-hybridized carbons (Fsp3) is 0.609. The quantitative estimate of drug-likeness (QED) is 0.646. The Kier molecular flexibility index (Phi) is 8.13. The summed E-state index contributed by atoms with van der Waals surface area (Å²) in [6.07, 6.45) is 9.47. The number of hydrogen-bond acceptors (Lipinski definition) is 7. The Balaban J connectivity index is 0.000000254. The fourth-order valence-corrected chi connectivity index (χ4v) is 4.23. The van der Waals surface area contributed by atoms with E-state index in [1.54, 1.807) is 6.20 Å². The molecule has 2 fully saturated rings. The Hall–Kier alpha value is -1.90. The zero-order valence-corrected chi connectivity index (χ0v) is 20.3. The lowest BCUT2D eigenvalue weighted by Gasteiger charge is -2.31. The molecule has 2 aromatic rings. The predicted molar refractivity (Wildman–Crippen MR) is 129 cm³/mol. The number of nitrogens with one attached hydrogen (secondary N) is 1. The van der Waals surface area contributed by atoms with Gasteiger partial charge in [0, 0.05) is 30.3 Å². The number of ether oxygens (including phenoxy) is 1. The summed E-state index contributed by atoms with van der Waals surface area (Å²) in [5, 5.41) is 10.3. The van der Waals surface area contributed by atoms with E-state index in [-0.39, 0.29) is 5.54 Å². The monoisotopic (exact) mass is 444 g/mol. The molecule has 0 radical (unpaired) electrons. The summed E-state index contributed by atoms with van der Waals surface area (Å²) in [6, 6.07) is 2.27. The highest BCUT2D eigenvalue weighted by atomic mass is 32.1. The van der Waals surface area contributed by atoms with Crippen LogP contribution in [0.25, 0.3) is 6.08 Å². The number of nitrogens with zero attached hydrogens (tertiary/aromatic N) is 5. The molecular weight excluding hydrogens is 408 g/mol.